The number of nitrogens with one attached hydrogen (secondary N) is 1. The molecule has 1 unspecified atom stereocenters. The average Bonchev–Trinajstić information content (AvgIpc) is 3.15. The van der Waals surface area contributed by atoms with E-state index in [0.29, 0.717) is 11.5 Å². The lowest BCUT2D eigenvalue weighted by molar-refractivity contribution is -0.155. The highest BCUT2D eigenvalue weighted by Crippen LogP contribution is 2.42. The number of amides is 1. The lowest BCUT2D eigenvalue weighted by atomic mass is 10.0. The fraction of sp³-hybridized carbons (Fsp3) is 0.533. The van der Waals surface area contributed by atoms with Crippen LogP contribution in [0, 0.1) is 13.8 Å². The Morgan fingerprint density at radius 2 is 2.08 bits per heavy atom. The van der Waals surface area contributed by atoms with Crippen molar-refractivity contribution in [3.8, 4) is 0 Å². The Hall–Kier alpha value is -2.32. The first kappa shape index (κ1) is 16.5. The van der Waals surface area contributed by atoms with Gasteiger partial charge in [0.25, 0.3) is 5.91 Å². The van der Waals surface area contributed by atoms with Gasteiger partial charge < -0.3 is 9.73 Å². The minimum Gasteiger partial charge on any atom is -0.447 e. The normalized spacial score (nSPS) is 16.2. The third kappa shape index (κ3) is 2.90. The van der Waals surface area contributed by atoms with E-state index in [9.17, 15) is 18.0 Å². The maximum atomic E-state index is 13.6. The summed E-state index contributed by atoms with van der Waals surface area (Å²) < 4.78 is 47.2. The first-order valence-electron chi connectivity index (χ1n) is 7.51. The van der Waals surface area contributed by atoms with Gasteiger partial charge in [-0.1, -0.05) is 0 Å². The van der Waals surface area contributed by atoms with Crippen molar-refractivity contribution in [2.45, 2.75) is 44.8 Å². The summed E-state index contributed by atoms with van der Waals surface area (Å²) in [7, 11) is 1.56. The SMILES string of the molecule is Cc1nn(C)c(C)c1C(NC(=O)c1ncoc1C1CC1)C(F)(F)F. The number of aryl methyl sites for hydroxylation is 2. The molecule has 0 saturated heterocycles. The van der Waals surface area contributed by atoms with Crippen molar-refractivity contribution in [3.05, 3.63) is 34.8 Å². The zero-order valence-corrected chi connectivity index (χ0v) is 13.4. The quantitative estimate of drug-likeness (QED) is 0.927. The van der Waals surface area contributed by atoms with Gasteiger partial charge >= 0.3 is 6.18 Å². The molecule has 3 rings (SSSR count). The molecule has 0 spiro atoms. The number of halogens is 3. The summed E-state index contributed by atoms with van der Waals surface area (Å²) in [6.45, 7) is 3.02. The van der Waals surface area contributed by atoms with E-state index in [1.165, 1.54) is 18.5 Å². The summed E-state index contributed by atoms with van der Waals surface area (Å²) >= 11 is 0. The van der Waals surface area contributed by atoms with Crippen molar-refractivity contribution < 1.29 is 22.4 Å². The highest BCUT2D eigenvalue weighted by Gasteiger charge is 2.45. The van der Waals surface area contributed by atoms with Crippen LogP contribution in [0.3, 0.4) is 0 Å². The lowest BCUT2D eigenvalue weighted by Gasteiger charge is -2.22. The summed E-state index contributed by atoms with van der Waals surface area (Å²) in [6.07, 6.45) is -1.87. The smallest absolute Gasteiger partial charge is 0.413 e. The van der Waals surface area contributed by atoms with E-state index in [-0.39, 0.29) is 22.9 Å². The number of hydrogen-bond donors (Lipinski definition) is 1. The molecule has 1 saturated carbocycles. The minimum atomic E-state index is -4.66. The van der Waals surface area contributed by atoms with E-state index in [1.807, 2.05) is 0 Å². The van der Waals surface area contributed by atoms with Crippen LogP contribution >= 0.6 is 0 Å². The molecule has 1 atom stereocenters. The molecule has 0 radical (unpaired) electrons. The van der Waals surface area contributed by atoms with Crippen molar-refractivity contribution in [3.63, 3.8) is 0 Å². The summed E-state index contributed by atoms with van der Waals surface area (Å²) in [5.74, 6) is -0.469. The van der Waals surface area contributed by atoms with Crippen LogP contribution < -0.4 is 5.32 Å². The maximum absolute atomic E-state index is 13.6. The number of nitrogens with zero attached hydrogens (tertiary/aromatic N) is 3. The Kier molecular flexibility index (Phi) is 3.89. The molecule has 0 bridgehead atoms. The Labute approximate surface area is 136 Å². The fourth-order valence-electron chi connectivity index (χ4n) is 2.79. The van der Waals surface area contributed by atoms with Gasteiger partial charge in [0.1, 0.15) is 5.76 Å². The Morgan fingerprint density at radius 1 is 1.42 bits per heavy atom. The summed E-state index contributed by atoms with van der Waals surface area (Å²) in [5.41, 5.74) is 0.443. The Balaban J connectivity index is 1.93. The van der Waals surface area contributed by atoms with E-state index in [4.69, 9.17) is 4.42 Å². The predicted molar refractivity (Wildman–Crippen MR) is 77.4 cm³/mol. The van der Waals surface area contributed by atoms with E-state index >= 15 is 0 Å². The number of carbonyl (C=O) groups excluding carboxylic acids is 1. The number of oxazole rings is 1. The van der Waals surface area contributed by atoms with Crippen LogP contribution in [0.1, 0.15) is 58.0 Å². The van der Waals surface area contributed by atoms with E-state index in [1.54, 1.807) is 7.05 Å². The molecular weight excluding hydrogens is 325 g/mol. The average molecular weight is 342 g/mol. The van der Waals surface area contributed by atoms with Crippen LogP contribution in [0.5, 0.6) is 0 Å². The number of alkyl halides is 3. The molecule has 9 heteroatoms. The zero-order chi connectivity index (χ0) is 17.6. The molecule has 2 aromatic rings. The second-order valence-electron chi connectivity index (χ2n) is 6.00. The van der Waals surface area contributed by atoms with Crippen molar-refractivity contribution in [2.75, 3.05) is 0 Å². The van der Waals surface area contributed by atoms with Gasteiger partial charge in [0, 0.05) is 24.2 Å². The second-order valence-corrected chi connectivity index (χ2v) is 6.00. The molecular formula is C15H17F3N4O2. The van der Waals surface area contributed by atoms with Gasteiger partial charge in [-0.25, -0.2) is 4.98 Å². The maximum Gasteiger partial charge on any atom is 0.413 e. The van der Waals surface area contributed by atoms with Crippen LogP contribution in [0.4, 0.5) is 13.2 Å². The van der Waals surface area contributed by atoms with E-state index < -0.39 is 18.1 Å². The molecule has 24 heavy (non-hydrogen) atoms. The molecule has 2 aromatic heterocycles. The Morgan fingerprint density at radius 3 is 2.58 bits per heavy atom. The lowest BCUT2D eigenvalue weighted by Crippen LogP contribution is -2.39. The van der Waals surface area contributed by atoms with Crippen LogP contribution in [-0.4, -0.2) is 26.8 Å². The van der Waals surface area contributed by atoms with Gasteiger partial charge in [-0.2, -0.15) is 18.3 Å². The third-order valence-electron chi connectivity index (χ3n) is 4.21. The predicted octanol–water partition coefficient (Wildman–Crippen LogP) is 2.94. The largest absolute Gasteiger partial charge is 0.447 e. The monoisotopic (exact) mass is 342 g/mol. The number of aromatic nitrogens is 3. The van der Waals surface area contributed by atoms with Crippen molar-refractivity contribution in [1.82, 2.24) is 20.1 Å². The van der Waals surface area contributed by atoms with Crippen molar-refractivity contribution >= 4 is 5.91 Å². The Bertz CT molecular complexity index is 774. The van der Waals surface area contributed by atoms with Gasteiger partial charge in [0.05, 0.1) is 5.69 Å². The van der Waals surface area contributed by atoms with Crippen LogP contribution in [0.2, 0.25) is 0 Å². The third-order valence-corrected chi connectivity index (χ3v) is 4.21. The van der Waals surface area contributed by atoms with Gasteiger partial charge in [-0.3, -0.25) is 9.48 Å². The molecule has 1 N–H and O–H groups in total. The molecule has 1 aliphatic rings. The molecule has 6 nitrogen and oxygen atoms in total. The number of carbonyl (C=O) groups is 1. The molecule has 2 heterocycles. The highest BCUT2D eigenvalue weighted by atomic mass is 19.4. The standard InChI is InChI=1S/C15H17F3N4O2/c1-7-10(8(2)22(3)21-7)13(15(16,17)18)20-14(23)11-12(9-4-5-9)24-6-19-11/h6,9,13H,4-5H2,1-3H3,(H,20,23). The van der Waals surface area contributed by atoms with Gasteiger partial charge in [0.15, 0.2) is 18.1 Å². The van der Waals surface area contributed by atoms with E-state index in [2.05, 4.69) is 15.4 Å². The summed E-state index contributed by atoms with van der Waals surface area (Å²) in [4.78, 5) is 16.1. The second kappa shape index (κ2) is 5.64. The fourth-order valence-corrected chi connectivity index (χ4v) is 2.79. The van der Waals surface area contributed by atoms with Crippen molar-refractivity contribution in [2.24, 2.45) is 7.05 Å². The highest BCUT2D eigenvalue weighted by molar-refractivity contribution is 5.93. The van der Waals surface area contributed by atoms with E-state index in [0.717, 1.165) is 19.2 Å². The van der Waals surface area contributed by atoms with Crippen LogP contribution in [0.25, 0.3) is 0 Å². The molecule has 0 aliphatic heterocycles. The number of rotatable bonds is 4. The molecule has 130 valence electrons. The molecule has 1 fully saturated rings. The van der Waals surface area contributed by atoms with Gasteiger partial charge in [0.2, 0.25) is 0 Å². The summed E-state index contributed by atoms with van der Waals surface area (Å²) in [5, 5.41) is 6.06. The first-order chi connectivity index (χ1) is 11.2. The molecule has 1 amide bonds. The molecule has 0 aromatic carbocycles. The first-order valence-corrected chi connectivity index (χ1v) is 7.51. The number of hydrogen-bond acceptors (Lipinski definition) is 4. The molecule has 1 aliphatic carbocycles. The van der Waals surface area contributed by atoms with Gasteiger partial charge in [-0.15, -0.1) is 0 Å². The minimum absolute atomic E-state index is 0.0465. The topological polar surface area (TPSA) is 73.0 Å². The van der Waals surface area contributed by atoms with Crippen LogP contribution in [0.15, 0.2) is 10.8 Å². The zero-order valence-electron chi connectivity index (χ0n) is 13.4. The summed E-state index contributed by atoms with van der Waals surface area (Å²) in [6, 6.07) is -2.15. The van der Waals surface area contributed by atoms with Gasteiger partial charge in [-0.05, 0) is 26.7 Å². The van der Waals surface area contributed by atoms with Crippen molar-refractivity contribution in [1.29, 1.82) is 0 Å². The van der Waals surface area contributed by atoms with Crippen LogP contribution in [-0.2, 0) is 7.05 Å².